The number of carbonyl (C=O) groups is 2. The molecule has 1 amide bonds. The lowest BCUT2D eigenvalue weighted by atomic mass is 10.1. The molecule has 0 fully saturated rings. The maximum atomic E-state index is 11.5. The molecule has 0 aliphatic heterocycles. The van der Waals surface area contributed by atoms with Gasteiger partial charge in [0.25, 0.3) is 0 Å². The average molecular weight is 251 g/mol. The van der Waals surface area contributed by atoms with E-state index in [9.17, 15) is 9.59 Å². The molecule has 0 saturated heterocycles. The lowest BCUT2D eigenvalue weighted by Gasteiger charge is -2.15. The van der Waals surface area contributed by atoms with Crippen LogP contribution >= 0.6 is 0 Å². The van der Waals surface area contributed by atoms with Crippen molar-refractivity contribution in [2.75, 3.05) is 14.2 Å². The first kappa shape index (κ1) is 14.0. The monoisotopic (exact) mass is 251 g/mol. The van der Waals surface area contributed by atoms with E-state index >= 15 is 0 Å². The molecule has 0 bridgehead atoms. The number of benzene rings is 1. The summed E-state index contributed by atoms with van der Waals surface area (Å²) in [6, 6.07) is 6.63. The third-order valence-electron chi connectivity index (χ3n) is 2.46. The van der Waals surface area contributed by atoms with E-state index in [1.165, 1.54) is 14.0 Å². The van der Waals surface area contributed by atoms with Crippen LogP contribution in [0.3, 0.4) is 0 Å². The van der Waals surface area contributed by atoms with Gasteiger partial charge in [0.2, 0.25) is 5.91 Å². The number of ether oxygens (including phenoxy) is 2. The fraction of sp³-hybridized carbons (Fsp3) is 0.385. The summed E-state index contributed by atoms with van der Waals surface area (Å²) < 4.78 is 9.70. The van der Waals surface area contributed by atoms with Crippen LogP contribution in [0.15, 0.2) is 24.3 Å². The molecule has 0 heterocycles. The molecule has 5 nitrogen and oxygen atoms in total. The zero-order valence-corrected chi connectivity index (χ0v) is 10.7. The maximum Gasteiger partial charge on any atom is 0.328 e. The van der Waals surface area contributed by atoms with E-state index in [1.807, 2.05) is 12.1 Å². The van der Waals surface area contributed by atoms with Gasteiger partial charge < -0.3 is 14.8 Å². The van der Waals surface area contributed by atoms with E-state index in [1.54, 1.807) is 19.2 Å². The Labute approximate surface area is 106 Å². The van der Waals surface area contributed by atoms with E-state index in [2.05, 4.69) is 10.1 Å². The molecule has 0 aliphatic rings. The van der Waals surface area contributed by atoms with Gasteiger partial charge >= 0.3 is 5.97 Å². The van der Waals surface area contributed by atoms with Crippen molar-refractivity contribution in [2.24, 2.45) is 0 Å². The number of hydrogen-bond donors (Lipinski definition) is 1. The highest BCUT2D eigenvalue weighted by Crippen LogP contribution is 2.13. The predicted molar refractivity (Wildman–Crippen MR) is 66.3 cm³/mol. The van der Waals surface area contributed by atoms with Crippen LogP contribution in [0.1, 0.15) is 12.5 Å². The molecule has 98 valence electrons. The fourth-order valence-corrected chi connectivity index (χ4v) is 1.58. The van der Waals surface area contributed by atoms with Crippen molar-refractivity contribution >= 4 is 11.9 Å². The Morgan fingerprint density at radius 3 is 2.28 bits per heavy atom. The molecule has 0 spiro atoms. The summed E-state index contributed by atoms with van der Waals surface area (Å²) >= 11 is 0. The van der Waals surface area contributed by atoms with Gasteiger partial charge in [-0.25, -0.2) is 4.79 Å². The van der Waals surface area contributed by atoms with Gasteiger partial charge in [0.15, 0.2) is 0 Å². The Morgan fingerprint density at radius 2 is 1.83 bits per heavy atom. The van der Waals surface area contributed by atoms with Crippen molar-refractivity contribution < 1.29 is 19.1 Å². The van der Waals surface area contributed by atoms with E-state index in [-0.39, 0.29) is 5.91 Å². The molecule has 0 radical (unpaired) electrons. The molecular formula is C13H17NO4. The highest BCUT2D eigenvalue weighted by molar-refractivity contribution is 5.83. The smallest absolute Gasteiger partial charge is 0.328 e. The van der Waals surface area contributed by atoms with E-state index in [0.717, 1.165) is 11.3 Å². The molecule has 0 saturated carbocycles. The second kappa shape index (κ2) is 6.64. The van der Waals surface area contributed by atoms with Crippen LogP contribution in [-0.4, -0.2) is 32.1 Å². The van der Waals surface area contributed by atoms with Crippen molar-refractivity contribution in [3.8, 4) is 5.75 Å². The summed E-state index contributed by atoms with van der Waals surface area (Å²) in [5.41, 5.74) is 0.917. The molecule has 1 N–H and O–H groups in total. The lowest BCUT2D eigenvalue weighted by Crippen LogP contribution is -2.41. The van der Waals surface area contributed by atoms with Gasteiger partial charge in [-0.15, -0.1) is 0 Å². The van der Waals surface area contributed by atoms with Crippen molar-refractivity contribution in [1.29, 1.82) is 0 Å². The molecule has 0 aromatic heterocycles. The quantitative estimate of drug-likeness (QED) is 0.790. The van der Waals surface area contributed by atoms with Crippen LogP contribution in [0.5, 0.6) is 5.75 Å². The largest absolute Gasteiger partial charge is 0.497 e. The first-order chi connectivity index (χ1) is 8.56. The molecule has 1 rings (SSSR count). The van der Waals surface area contributed by atoms with E-state index in [4.69, 9.17) is 4.74 Å². The topological polar surface area (TPSA) is 64.6 Å². The SMILES string of the molecule is COC(=O)C(Cc1ccc(OC)cc1)NC(C)=O. The van der Waals surface area contributed by atoms with Gasteiger partial charge in [0.05, 0.1) is 14.2 Å². The summed E-state index contributed by atoms with van der Waals surface area (Å²) in [5.74, 6) is 0.0211. The molecule has 1 atom stereocenters. The van der Waals surface area contributed by atoms with Gasteiger partial charge in [0, 0.05) is 13.3 Å². The molecule has 0 aliphatic carbocycles. The number of methoxy groups -OCH3 is 2. The Kier molecular flexibility index (Phi) is 5.17. The van der Waals surface area contributed by atoms with Crippen molar-refractivity contribution in [1.82, 2.24) is 5.32 Å². The second-order valence-corrected chi connectivity index (χ2v) is 3.83. The number of nitrogens with one attached hydrogen (secondary N) is 1. The van der Waals surface area contributed by atoms with E-state index in [0.29, 0.717) is 6.42 Å². The molecule has 1 unspecified atom stereocenters. The highest BCUT2D eigenvalue weighted by Gasteiger charge is 2.20. The second-order valence-electron chi connectivity index (χ2n) is 3.83. The summed E-state index contributed by atoms with van der Waals surface area (Å²) in [6.07, 6.45) is 0.385. The molecule has 1 aromatic rings. The van der Waals surface area contributed by atoms with Crippen LogP contribution in [-0.2, 0) is 20.7 Å². The molecule has 5 heteroatoms. The highest BCUT2D eigenvalue weighted by atomic mass is 16.5. The van der Waals surface area contributed by atoms with Crippen molar-refractivity contribution in [3.63, 3.8) is 0 Å². The fourth-order valence-electron chi connectivity index (χ4n) is 1.58. The summed E-state index contributed by atoms with van der Waals surface area (Å²) in [7, 11) is 2.88. The zero-order chi connectivity index (χ0) is 13.5. The van der Waals surface area contributed by atoms with Gasteiger partial charge in [-0.3, -0.25) is 4.79 Å². The minimum absolute atomic E-state index is 0.265. The number of rotatable bonds is 5. The normalized spacial score (nSPS) is 11.5. The summed E-state index contributed by atoms with van der Waals surface area (Å²) in [4.78, 5) is 22.5. The van der Waals surface area contributed by atoms with Gasteiger partial charge in [-0.05, 0) is 17.7 Å². The number of amides is 1. The number of hydrogen-bond acceptors (Lipinski definition) is 4. The van der Waals surface area contributed by atoms with Gasteiger partial charge in [0.1, 0.15) is 11.8 Å². The Balaban J connectivity index is 2.75. The predicted octanol–water partition coefficient (Wildman–Crippen LogP) is 0.915. The minimum Gasteiger partial charge on any atom is -0.497 e. The Morgan fingerprint density at radius 1 is 1.22 bits per heavy atom. The third-order valence-corrected chi connectivity index (χ3v) is 2.46. The van der Waals surface area contributed by atoms with Gasteiger partial charge in [-0.1, -0.05) is 12.1 Å². The first-order valence-corrected chi connectivity index (χ1v) is 5.54. The zero-order valence-electron chi connectivity index (χ0n) is 10.7. The van der Waals surface area contributed by atoms with Crippen LogP contribution in [0.2, 0.25) is 0 Å². The van der Waals surface area contributed by atoms with Crippen LogP contribution in [0.25, 0.3) is 0 Å². The van der Waals surface area contributed by atoms with E-state index < -0.39 is 12.0 Å². The standard InChI is InChI=1S/C13H17NO4/c1-9(15)14-12(13(16)18-3)8-10-4-6-11(17-2)7-5-10/h4-7,12H,8H2,1-3H3,(H,14,15). The maximum absolute atomic E-state index is 11.5. The van der Waals surface area contributed by atoms with Crippen LogP contribution in [0, 0.1) is 0 Å². The van der Waals surface area contributed by atoms with Gasteiger partial charge in [-0.2, -0.15) is 0 Å². The Hall–Kier alpha value is -2.04. The summed E-state index contributed by atoms with van der Waals surface area (Å²) in [6.45, 7) is 1.37. The number of esters is 1. The lowest BCUT2D eigenvalue weighted by molar-refractivity contribution is -0.144. The molecule has 18 heavy (non-hydrogen) atoms. The van der Waals surface area contributed by atoms with Crippen molar-refractivity contribution in [2.45, 2.75) is 19.4 Å². The number of carbonyl (C=O) groups excluding carboxylic acids is 2. The third kappa shape index (κ3) is 4.08. The average Bonchev–Trinajstić information content (AvgIpc) is 2.37. The van der Waals surface area contributed by atoms with Crippen molar-refractivity contribution in [3.05, 3.63) is 29.8 Å². The van der Waals surface area contributed by atoms with Crippen LogP contribution < -0.4 is 10.1 Å². The summed E-state index contributed by atoms with van der Waals surface area (Å²) in [5, 5.41) is 2.56. The Bertz CT molecular complexity index is 414. The minimum atomic E-state index is -0.666. The van der Waals surface area contributed by atoms with Crippen LogP contribution in [0.4, 0.5) is 0 Å². The molecule has 1 aromatic carbocycles. The first-order valence-electron chi connectivity index (χ1n) is 5.54. The molecular weight excluding hydrogens is 234 g/mol.